The van der Waals surface area contributed by atoms with Crippen LogP contribution in [0.2, 0.25) is 0 Å². The number of hydrogen-bond donors (Lipinski definition) is 0. The molecule has 0 aromatic rings. The minimum Gasteiger partial charge on any atom is -0.303 e. The molecule has 104 valence electrons. The van der Waals surface area contributed by atoms with E-state index >= 15 is 0 Å². The van der Waals surface area contributed by atoms with Crippen molar-refractivity contribution in [3.63, 3.8) is 0 Å². The van der Waals surface area contributed by atoms with Crippen molar-refractivity contribution in [1.82, 2.24) is 4.90 Å². The molecule has 2 nitrogen and oxygen atoms in total. The highest BCUT2D eigenvalue weighted by atomic mass is 16.1. The van der Waals surface area contributed by atoms with Gasteiger partial charge < -0.3 is 4.90 Å². The first-order valence-electron chi connectivity index (χ1n) is 7.89. The third kappa shape index (κ3) is 3.81. The zero-order chi connectivity index (χ0) is 13.0. The molecule has 2 aliphatic rings. The van der Waals surface area contributed by atoms with Crippen molar-refractivity contribution in [3.05, 3.63) is 0 Å². The second-order valence-corrected chi connectivity index (χ2v) is 6.63. The number of carbonyl (C=O) groups is 1. The van der Waals surface area contributed by atoms with Gasteiger partial charge in [-0.25, -0.2) is 0 Å². The topological polar surface area (TPSA) is 20.3 Å². The molecule has 18 heavy (non-hydrogen) atoms. The molecule has 0 bridgehead atoms. The van der Waals surface area contributed by atoms with E-state index in [-0.39, 0.29) is 0 Å². The Balaban J connectivity index is 1.84. The average Bonchev–Trinajstić information content (AvgIpc) is 2.62. The van der Waals surface area contributed by atoms with Crippen LogP contribution in [-0.4, -0.2) is 30.3 Å². The summed E-state index contributed by atoms with van der Waals surface area (Å²) >= 11 is 0. The van der Waals surface area contributed by atoms with E-state index in [2.05, 4.69) is 18.9 Å². The normalized spacial score (nSPS) is 31.6. The molecule has 0 aromatic heterocycles. The molecule has 2 aliphatic carbocycles. The number of rotatable bonds is 3. The summed E-state index contributed by atoms with van der Waals surface area (Å²) in [5.41, 5.74) is 0. The predicted octanol–water partition coefficient (Wildman–Crippen LogP) is 3.65. The van der Waals surface area contributed by atoms with Crippen LogP contribution in [-0.2, 0) is 4.79 Å². The van der Waals surface area contributed by atoms with Gasteiger partial charge in [0.05, 0.1) is 0 Å². The Morgan fingerprint density at radius 1 is 1.11 bits per heavy atom. The standard InChI is InChI=1S/C16H29NO/c1-13-9-10-16(18)14(11-13)12-17(2)15-7-5-3-4-6-8-15/h13-15H,3-12H2,1-2H3. The van der Waals surface area contributed by atoms with Gasteiger partial charge in [0.1, 0.15) is 5.78 Å². The van der Waals surface area contributed by atoms with E-state index in [1.54, 1.807) is 0 Å². The maximum absolute atomic E-state index is 12.0. The number of ketones is 1. The van der Waals surface area contributed by atoms with Crippen molar-refractivity contribution >= 4 is 5.78 Å². The molecule has 0 aliphatic heterocycles. The zero-order valence-corrected chi connectivity index (χ0v) is 12.2. The van der Waals surface area contributed by atoms with Crippen LogP contribution in [0.1, 0.15) is 64.7 Å². The van der Waals surface area contributed by atoms with Crippen LogP contribution in [0.25, 0.3) is 0 Å². The van der Waals surface area contributed by atoms with Gasteiger partial charge in [0.2, 0.25) is 0 Å². The minimum atomic E-state index is 0.321. The summed E-state index contributed by atoms with van der Waals surface area (Å²) < 4.78 is 0. The first-order chi connectivity index (χ1) is 8.66. The van der Waals surface area contributed by atoms with Crippen LogP contribution in [0.15, 0.2) is 0 Å². The average molecular weight is 251 g/mol. The van der Waals surface area contributed by atoms with E-state index in [0.717, 1.165) is 37.8 Å². The van der Waals surface area contributed by atoms with Gasteiger partial charge in [-0.1, -0.05) is 32.6 Å². The monoisotopic (exact) mass is 251 g/mol. The van der Waals surface area contributed by atoms with Crippen LogP contribution in [0.3, 0.4) is 0 Å². The SMILES string of the molecule is CC1CCC(=O)C(CN(C)C2CCCCCC2)C1. The highest BCUT2D eigenvalue weighted by Gasteiger charge is 2.29. The van der Waals surface area contributed by atoms with E-state index in [1.165, 1.54) is 38.5 Å². The highest BCUT2D eigenvalue weighted by Crippen LogP contribution is 2.28. The lowest BCUT2D eigenvalue weighted by molar-refractivity contribution is -0.126. The van der Waals surface area contributed by atoms with Crippen LogP contribution >= 0.6 is 0 Å². The van der Waals surface area contributed by atoms with Gasteiger partial charge in [0.25, 0.3) is 0 Å². The van der Waals surface area contributed by atoms with Crippen molar-refractivity contribution in [2.75, 3.05) is 13.6 Å². The quantitative estimate of drug-likeness (QED) is 0.714. The molecule has 0 heterocycles. The Bertz CT molecular complexity index is 268. The van der Waals surface area contributed by atoms with Crippen molar-refractivity contribution < 1.29 is 4.79 Å². The third-order valence-electron chi connectivity index (χ3n) is 4.98. The molecule has 2 fully saturated rings. The summed E-state index contributed by atoms with van der Waals surface area (Å²) in [7, 11) is 2.24. The zero-order valence-electron chi connectivity index (χ0n) is 12.2. The predicted molar refractivity (Wildman–Crippen MR) is 75.6 cm³/mol. The lowest BCUT2D eigenvalue weighted by Crippen LogP contribution is -2.39. The second kappa shape index (κ2) is 6.70. The van der Waals surface area contributed by atoms with Crippen molar-refractivity contribution in [3.8, 4) is 0 Å². The molecule has 0 spiro atoms. The van der Waals surface area contributed by atoms with Gasteiger partial charge in [-0.05, 0) is 38.6 Å². The van der Waals surface area contributed by atoms with Crippen LogP contribution in [0.4, 0.5) is 0 Å². The molecule has 2 rings (SSSR count). The Morgan fingerprint density at radius 3 is 2.44 bits per heavy atom. The fourth-order valence-electron chi connectivity index (χ4n) is 3.70. The Morgan fingerprint density at radius 2 is 1.78 bits per heavy atom. The van der Waals surface area contributed by atoms with Crippen molar-refractivity contribution in [1.29, 1.82) is 0 Å². The first kappa shape index (κ1) is 14.0. The molecule has 2 saturated carbocycles. The maximum Gasteiger partial charge on any atom is 0.137 e. The van der Waals surface area contributed by atoms with Crippen LogP contribution in [0, 0.1) is 11.8 Å². The van der Waals surface area contributed by atoms with E-state index in [0.29, 0.717) is 11.7 Å². The largest absolute Gasteiger partial charge is 0.303 e. The van der Waals surface area contributed by atoms with Gasteiger partial charge in [-0.15, -0.1) is 0 Å². The second-order valence-electron chi connectivity index (χ2n) is 6.63. The van der Waals surface area contributed by atoms with E-state index in [9.17, 15) is 4.79 Å². The Hall–Kier alpha value is -0.370. The lowest BCUT2D eigenvalue weighted by Gasteiger charge is -2.33. The summed E-state index contributed by atoms with van der Waals surface area (Å²) in [5.74, 6) is 1.59. The molecule has 2 atom stereocenters. The highest BCUT2D eigenvalue weighted by molar-refractivity contribution is 5.81. The van der Waals surface area contributed by atoms with Crippen LogP contribution < -0.4 is 0 Å². The molecule has 2 heteroatoms. The number of carbonyl (C=O) groups excluding carboxylic acids is 1. The molecule has 0 radical (unpaired) electrons. The Kier molecular flexibility index (Phi) is 5.23. The van der Waals surface area contributed by atoms with Gasteiger partial charge in [-0.3, -0.25) is 4.79 Å². The summed E-state index contributed by atoms with van der Waals surface area (Å²) in [6.45, 7) is 3.30. The Labute approximate surface area is 112 Å². The van der Waals surface area contributed by atoms with Gasteiger partial charge >= 0.3 is 0 Å². The van der Waals surface area contributed by atoms with Crippen LogP contribution in [0.5, 0.6) is 0 Å². The fraction of sp³-hybridized carbons (Fsp3) is 0.938. The molecule has 0 aromatic carbocycles. The van der Waals surface area contributed by atoms with Gasteiger partial charge in [-0.2, -0.15) is 0 Å². The fourth-order valence-corrected chi connectivity index (χ4v) is 3.70. The molecule has 0 amide bonds. The molecular weight excluding hydrogens is 222 g/mol. The summed E-state index contributed by atoms with van der Waals surface area (Å²) in [5, 5.41) is 0. The number of Topliss-reactive ketones (excluding diaryl/α,β-unsaturated/α-hetero) is 1. The summed E-state index contributed by atoms with van der Waals surface area (Å²) in [6.07, 6.45) is 11.3. The van der Waals surface area contributed by atoms with Gasteiger partial charge in [0.15, 0.2) is 0 Å². The van der Waals surface area contributed by atoms with E-state index in [4.69, 9.17) is 0 Å². The smallest absolute Gasteiger partial charge is 0.137 e. The number of hydrogen-bond acceptors (Lipinski definition) is 2. The summed E-state index contributed by atoms with van der Waals surface area (Å²) in [4.78, 5) is 14.5. The first-order valence-corrected chi connectivity index (χ1v) is 7.89. The van der Waals surface area contributed by atoms with E-state index in [1.807, 2.05) is 0 Å². The molecule has 0 N–H and O–H groups in total. The maximum atomic E-state index is 12.0. The minimum absolute atomic E-state index is 0.321. The number of nitrogens with zero attached hydrogens (tertiary/aromatic N) is 1. The lowest BCUT2D eigenvalue weighted by atomic mass is 9.81. The van der Waals surface area contributed by atoms with Crippen molar-refractivity contribution in [2.45, 2.75) is 70.8 Å². The molecule has 2 unspecified atom stereocenters. The third-order valence-corrected chi connectivity index (χ3v) is 4.98. The van der Waals surface area contributed by atoms with E-state index < -0.39 is 0 Å². The molecule has 0 saturated heterocycles. The van der Waals surface area contributed by atoms with Gasteiger partial charge in [0, 0.05) is 24.9 Å². The summed E-state index contributed by atoms with van der Waals surface area (Å²) in [6, 6.07) is 0.734. The molecular formula is C16H29NO. The van der Waals surface area contributed by atoms with Crippen molar-refractivity contribution in [2.24, 2.45) is 11.8 Å².